The fourth-order valence-electron chi connectivity index (χ4n) is 4.78. The van der Waals surface area contributed by atoms with Gasteiger partial charge in [0.1, 0.15) is 17.6 Å². The maximum absolute atomic E-state index is 13.8. The minimum atomic E-state index is -5.10. The molecule has 12 heteroatoms. The van der Waals surface area contributed by atoms with E-state index in [2.05, 4.69) is 4.98 Å². The Hall–Kier alpha value is -3.05. The summed E-state index contributed by atoms with van der Waals surface area (Å²) in [5.41, 5.74) is -2.91. The Morgan fingerprint density at radius 1 is 1.09 bits per heavy atom. The van der Waals surface area contributed by atoms with Crippen LogP contribution < -0.4 is 14.5 Å². The topological polar surface area (TPSA) is 45.7 Å². The van der Waals surface area contributed by atoms with Gasteiger partial charge >= 0.3 is 12.4 Å². The summed E-state index contributed by atoms with van der Waals surface area (Å²) in [6.07, 6.45) is -8.57. The maximum atomic E-state index is 13.8. The first-order valence-electron chi connectivity index (χ1n) is 10.4. The number of anilines is 2. The maximum Gasteiger partial charge on any atom is 0.433 e. The molecule has 34 heavy (non-hydrogen) atoms. The summed E-state index contributed by atoms with van der Waals surface area (Å²) in [5.74, 6) is -2.13. The lowest BCUT2D eigenvalue weighted by Gasteiger charge is -2.37. The second-order valence-electron chi connectivity index (χ2n) is 8.39. The number of benzene rings is 1. The van der Waals surface area contributed by atoms with Gasteiger partial charge in [0.05, 0.1) is 12.7 Å². The Morgan fingerprint density at radius 2 is 1.79 bits per heavy atom. The van der Waals surface area contributed by atoms with Gasteiger partial charge in [0.15, 0.2) is 11.6 Å². The molecule has 2 fully saturated rings. The average molecular weight is 491 g/mol. The van der Waals surface area contributed by atoms with Gasteiger partial charge in [-0.1, -0.05) is 0 Å². The van der Waals surface area contributed by atoms with Gasteiger partial charge in [-0.25, -0.2) is 9.37 Å². The second-order valence-corrected chi connectivity index (χ2v) is 8.39. The number of aromatic nitrogens is 1. The van der Waals surface area contributed by atoms with Crippen molar-refractivity contribution >= 4 is 17.4 Å². The van der Waals surface area contributed by atoms with Gasteiger partial charge in [0.2, 0.25) is 5.91 Å². The summed E-state index contributed by atoms with van der Waals surface area (Å²) in [7, 11) is 2.65. The van der Waals surface area contributed by atoms with Crippen molar-refractivity contribution in [1.82, 2.24) is 4.98 Å². The van der Waals surface area contributed by atoms with Crippen molar-refractivity contribution in [3.05, 3.63) is 47.4 Å². The summed E-state index contributed by atoms with van der Waals surface area (Å²) >= 11 is 0. The monoisotopic (exact) mass is 491 g/mol. The number of rotatable bonds is 4. The Balaban J connectivity index is 1.74. The van der Waals surface area contributed by atoms with Gasteiger partial charge in [-0.2, -0.15) is 26.3 Å². The molecule has 1 saturated carbocycles. The number of likely N-dealkylation sites (N-methyl/N-ethyl adjacent to an activating group) is 1. The van der Waals surface area contributed by atoms with E-state index in [1.807, 2.05) is 0 Å². The first kappa shape index (κ1) is 24.1. The molecule has 3 atom stereocenters. The number of amides is 1. The van der Waals surface area contributed by atoms with Crippen LogP contribution in [0.3, 0.4) is 0 Å². The number of fused-ring (bicyclic) bond motifs is 2. The van der Waals surface area contributed by atoms with Gasteiger partial charge in [-0.15, -0.1) is 0 Å². The van der Waals surface area contributed by atoms with E-state index in [4.69, 9.17) is 4.74 Å². The molecule has 0 spiro atoms. The zero-order valence-electron chi connectivity index (χ0n) is 18.0. The number of pyridine rings is 1. The number of methoxy groups -OCH3 is 1. The van der Waals surface area contributed by atoms with Crippen LogP contribution >= 0.6 is 0 Å². The molecule has 1 saturated heterocycles. The number of piperidine rings is 1. The highest BCUT2D eigenvalue weighted by Crippen LogP contribution is 2.47. The van der Waals surface area contributed by atoms with E-state index in [1.165, 1.54) is 36.1 Å². The van der Waals surface area contributed by atoms with E-state index in [0.29, 0.717) is 25.3 Å². The molecular formula is C22H20F7N3O2. The molecule has 1 amide bonds. The van der Waals surface area contributed by atoms with Gasteiger partial charge in [-0.3, -0.25) is 4.79 Å². The molecule has 1 aromatic carbocycles. The quantitative estimate of drug-likeness (QED) is 0.546. The molecular weight excluding hydrogens is 471 g/mol. The van der Waals surface area contributed by atoms with Crippen LogP contribution in [0, 0.1) is 11.7 Å². The first-order valence-corrected chi connectivity index (χ1v) is 10.4. The Labute approximate surface area is 190 Å². The van der Waals surface area contributed by atoms with Gasteiger partial charge in [0.25, 0.3) is 0 Å². The summed E-state index contributed by atoms with van der Waals surface area (Å²) in [6.45, 7) is 0. The van der Waals surface area contributed by atoms with E-state index < -0.39 is 53.2 Å². The molecule has 2 aliphatic rings. The van der Waals surface area contributed by atoms with Crippen LogP contribution in [0.4, 0.5) is 42.2 Å². The van der Waals surface area contributed by atoms with Crippen molar-refractivity contribution in [2.45, 2.75) is 43.7 Å². The minimum Gasteiger partial charge on any atom is -0.494 e. The van der Waals surface area contributed by atoms with E-state index >= 15 is 0 Å². The van der Waals surface area contributed by atoms with Gasteiger partial charge in [-0.05, 0) is 49.4 Å². The molecule has 1 aromatic heterocycles. The standard InChI is InChI=1S/C22H20F7N3O2/c1-31(13-5-6-15(23)16(10-13)34-2)20(33)19-11-3-4-14(7-11)32(19)18-9-12(21(24,25)26)8-17(30-18)22(27,28)29/h5-6,8-11,14,19H,3-4,7H2,1-2H3/t11-,14+,19-/m0/s1. The molecule has 184 valence electrons. The predicted octanol–water partition coefficient (Wildman–Crippen LogP) is 5.29. The van der Waals surface area contributed by atoms with Crippen LogP contribution in [0.15, 0.2) is 30.3 Å². The van der Waals surface area contributed by atoms with Crippen molar-refractivity contribution in [1.29, 1.82) is 0 Å². The van der Waals surface area contributed by atoms with Crippen LogP contribution in [-0.2, 0) is 17.1 Å². The third-order valence-electron chi connectivity index (χ3n) is 6.38. The lowest BCUT2D eigenvalue weighted by atomic mass is 9.97. The van der Waals surface area contributed by atoms with E-state index in [9.17, 15) is 35.5 Å². The van der Waals surface area contributed by atoms with Crippen molar-refractivity contribution < 1.29 is 40.3 Å². The highest BCUT2D eigenvalue weighted by molar-refractivity contribution is 5.99. The van der Waals surface area contributed by atoms with Crippen molar-refractivity contribution in [2.75, 3.05) is 24.0 Å². The molecule has 1 aliphatic heterocycles. The molecule has 2 heterocycles. The van der Waals surface area contributed by atoms with E-state index in [-0.39, 0.29) is 23.4 Å². The number of carbonyl (C=O) groups is 1. The highest BCUT2D eigenvalue weighted by atomic mass is 19.4. The number of hydrogen-bond acceptors (Lipinski definition) is 4. The molecule has 0 radical (unpaired) electrons. The lowest BCUT2D eigenvalue weighted by Crippen LogP contribution is -2.51. The zero-order valence-corrected chi connectivity index (χ0v) is 18.0. The molecule has 0 unspecified atom stereocenters. The lowest BCUT2D eigenvalue weighted by molar-refractivity contribution is -0.145. The fraction of sp³-hybridized carbons (Fsp3) is 0.455. The largest absolute Gasteiger partial charge is 0.494 e. The zero-order chi connectivity index (χ0) is 25.0. The van der Waals surface area contributed by atoms with Crippen LogP contribution in [-0.4, -0.2) is 37.1 Å². The third-order valence-corrected chi connectivity index (χ3v) is 6.38. The molecule has 0 N–H and O–H groups in total. The summed E-state index contributed by atoms with van der Waals surface area (Å²) < 4.78 is 98.9. The highest BCUT2D eigenvalue weighted by Gasteiger charge is 2.51. The summed E-state index contributed by atoms with van der Waals surface area (Å²) in [4.78, 5) is 19.4. The Bertz CT molecular complexity index is 1070. The molecule has 4 rings (SSSR count). The van der Waals surface area contributed by atoms with Crippen LogP contribution in [0.5, 0.6) is 5.75 Å². The number of alkyl halides is 6. The number of carbonyl (C=O) groups excluding carboxylic acids is 1. The Kier molecular flexibility index (Phi) is 5.89. The number of halogens is 7. The van der Waals surface area contributed by atoms with Crippen LogP contribution in [0.25, 0.3) is 0 Å². The SMILES string of the molecule is COc1cc(N(C)C(=O)[C@@H]2[C@H]3CC[C@H](C3)N2c2cc(C(F)(F)F)cc(C(F)(F)F)n2)ccc1F. The van der Waals surface area contributed by atoms with Crippen molar-refractivity contribution in [3.63, 3.8) is 0 Å². The number of hydrogen-bond donors (Lipinski definition) is 0. The second kappa shape index (κ2) is 8.31. The number of ether oxygens (including phenoxy) is 1. The average Bonchev–Trinajstić information content (AvgIpc) is 3.38. The molecule has 1 aliphatic carbocycles. The molecule has 2 bridgehead atoms. The predicted molar refractivity (Wildman–Crippen MR) is 108 cm³/mol. The smallest absolute Gasteiger partial charge is 0.433 e. The molecule has 2 aromatic rings. The third kappa shape index (κ3) is 4.25. The summed E-state index contributed by atoms with van der Waals surface area (Å²) in [5, 5.41) is 0. The van der Waals surface area contributed by atoms with E-state index in [0.717, 1.165) is 6.07 Å². The van der Waals surface area contributed by atoms with Crippen LogP contribution in [0.1, 0.15) is 30.5 Å². The normalized spacial score (nSPS) is 22.3. The summed E-state index contributed by atoms with van der Waals surface area (Å²) in [6, 6.07) is 2.79. The van der Waals surface area contributed by atoms with Crippen molar-refractivity contribution in [2.24, 2.45) is 5.92 Å². The van der Waals surface area contributed by atoms with Gasteiger partial charge < -0.3 is 14.5 Å². The first-order chi connectivity index (χ1) is 15.8. The Morgan fingerprint density at radius 3 is 2.41 bits per heavy atom. The van der Waals surface area contributed by atoms with Crippen LogP contribution in [0.2, 0.25) is 0 Å². The van der Waals surface area contributed by atoms with E-state index in [1.54, 1.807) is 0 Å². The molecule has 5 nitrogen and oxygen atoms in total. The van der Waals surface area contributed by atoms with Gasteiger partial charge in [0, 0.05) is 24.8 Å². The van der Waals surface area contributed by atoms with Crippen molar-refractivity contribution in [3.8, 4) is 5.75 Å². The number of nitrogens with zero attached hydrogens (tertiary/aromatic N) is 3. The fourth-order valence-corrected chi connectivity index (χ4v) is 4.78. The minimum absolute atomic E-state index is 0.0361.